The molecule has 7 heteroatoms. The van der Waals surface area contributed by atoms with Gasteiger partial charge in [0.1, 0.15) is 12.1 Å². The van der Waals surface area contributed by atoms with Crippen LogP contribution in [0.1, 0.15) is 5.56 Å². The third-order valence-corrected chi connectivity index (χ3v) is 2.21. The summed E-state index contributed by atoms with van der Waals surface area (Å²) in [6.07, 6.45) is -0.856. The molecule has 96 valence electrons. The molecule has 0 unspecified atom stereocenters. The van der Waals surface area contributed by atoms with Crippen molar-refractivity contribution >= 4 is 0 Å². The van der Waals surface area contributed by atoms with Crippen LogP contribution in [-0.2, 0) is 0 Å². The molecule has 0 aliphatic carbocycles. The van der Waals surface area contributed by atoms with Crippen molar-refractivity contribution in [3.63, 3.8) is 0 Å². The molecule has 1 heterocycles. The van der Waals surface area contributed by atoms with E-state index in [-0.39, 0.29) is 11.1 Å². The summed E-state index contributed by atoms with van der Waals surface area (Å²) in [7, 11) is 0. The first-order valence-electron chi connectivity index (χ1n) is 5.05. The second-order valence-corrected chi connectivity index (χ2v) is 3.50. The topological polar surface area (TPSA) is 58.8 Å². The van der Waals surface area contributed by atoms with E-state index >= 15 is 0 Å². The minimum Gasteiger partial charge on any atom is -0.405 e. The number of hydrogen-bond donors (Lipinski definition) is 0. The molecule has 0 saturated heterocycles. The van der Waals surface area contributed by atoms with E-state index in [2.05, 4.69) is 14.7 Å². The minimum absolute atomic E-state index is 0.0693. The number of rotatable bonds is 2. The van der Waals surface area contributed by atoms with Crippen LogP contribution in [0.5, 0.6) is 5.75 Å². The van der Waals surface area contributed by atoms with Crippen molar-refractivity contribution in [3.8, 4) is 22.9 Å². The Morgan fingerprint density at radius 1 is 1.16 bits per heavy atom. The van der Waals surface area contributed by atoms with Crippen LogP contribution in [0.2, 0.25) is 0 Å². The highest BCUT2D eigenvalue weighted by Crippen LogP contribution is 2.33. The molecule has 0 saturated carbocycles. The zero-order chi connectivity index (χ0) is 13.9. The Labute approximate surface area is 106 Å². The highest BCUT2D eigenvalue weighted by atomic mass is 19.4. The molecule has 0 fully saturated rings. The molecule has 0 atom stereocenters. The largest absolute Gasteiger partial charge is 0.573 e. The van der Waals surface area contributed by atoms with E-state index in [1.807, 2.05) is 0 Å². The fraction of sp³-hybridized carbons (Fsp3) is 0.0833. The molecule has 0 spiro atoms. The smallest absolute Gasteiger partial charge is 0.405 e. The lowest BCUT2D eigenvalue weighted by Crippen LogP contribution is -2.17. The minimum atomic E-state index is -4.83. The van der Waals surface area contributed by atoms with Gasteiger partial charge in [0, 0.05) is 23.5 Å². The second kappa shape index (κ2) is 4.94. The van der Waals surface area contributed by atoms with Crippen LogP contribution >= 0.6 is 0 Å². The molecule has 0 radical (unpaired) electrons. The van der Waals surface area contributed by atoms with Crippen molar-refractivity contribution in [2.75, 3.05) is 0 Å². The molecule has 0 aliphatic rings. The highest BCUT2D eigenvalue weighted by molar-refractivity contribution is 5.70. The standard InChI is InChI=1S/C12H6F3N3O/c13-12(14,15)19-11-3-8(4-16)1-2-10(11)9-5-17-7-18-6-9/h1-3,5-7H. The fourth-order valence-corrected chi connectivity index (χ4v) is 1.48. The summed E-state index contributed by atoms with van der Waals surface area (Å²) in [5, 5.41) is 8.71. The second-order valence-electron chi connectivity index (χ2n) is 3.50. The van der Waals surface area contributed by atoms with Crippen molar-refractivity contribution in [2.45, 2.75) is 6.36 Å². The molecule has 4 nitrogen and oxygen atoms in total. The average Bonchev–Trinajstić information content (AvgIpc) is 2.38. The van der Waals surface area contributed by atoms with Gasteiger partial charge in [0.25, 0.3) is 0 Å². The van der Waals surface area contributed by atoms with Crippen LogP contribution in [0.15, 0.2) is 36.9 Å². The lowest BCUT2D eigenvalue weighted by atomic mass is 10.1. The van der Waals surface area contributed by atoms with Crippen molar-refractivity contribution in [2.24, 2.45) is 0 Å². The Kier molecular flexibility index (Phi) is 3.33. The lowest BCUT2D eigenvalue weighted by molar-refractivity contribution is -0.274. The molecule has 0 aliphatic heterocycles. The maximum absolute atomic E-state index is 12.3. The predicted molar refractivity (Wildman–Crippen MR) is 58.9 cm³/mol. The fourth-order valence-electron chi connectivity index (χ4n) is 1.48. The Balaban J connectivity index is 2.52. The van der Waals surface area contributed by atoms with Gasteiger partial charge in [0.15, 0.2) is 0 Å². The lowest BCUT2D eigenvalue weighted by Gasteiger charge is -2.13. The van der Waals surface area contributed by atoms with Gasteiger partial charge in [-0.05, 0) is 18.2 Å². The van der Waals surface area contributed by atoms with E-state index in [0.29, 0.717) is 5.56 Å². The normalized spacial score (nSPS) is 10.8. The summed E-state index contributed by atoms with van der Waals surface area (Å²) >= 11 is 0. The number of halogens is 3. The summed E-state index contributed by atoms with van der Waals surface area (Å²) < 4.78 is 40.9. The molecule has 0 N–H and O–H groups in total. The molecule has 1 aromatic carbocycles. The van der Waals surface area contributed by atoms with Gasteiger partial charge in [-0.1, -0.05) is 0 Å². The number of aromatic nitrogens is 2. The van der Waals surface area contributed by atoms with E-state index in [0.717, 1.165) is 6.07 Å². The summed E-state index contributed by atoms with van der Waals surface area (Å²) in [4.78, 5) is 7.46. The summed E-state index contributed by atoms with van der Waals surface area (Å²) in [5.74, 6) is -0.457. The van der Waals surface area contributed by atoms with Gasteiger partial charge >= 0.3 is 6.36 Å². The van der Waals surface area contributed by atoms with Gasteiger partial charge in [-0.25, -0.2) is 9.97 Å². The van der Waals surface area contributed by atoms with Gasteiger partial charge in [-0.3, -0.25) is 0 Å². The van der Waals surface area contributed by atoms with Gasteiger partial charge < -0.3 is 4.74 Å². The molecule has 19 heavy (non-hydrogen) atoms. The maximum atomic E-state index is 12.3. The monoisotopic (exact) mass is 265 g/mol. The van der Waals surface area contributed by atoms with Crippen molar-refractivity contribution < 1.29 is 17.9 Å². The van der Waals surface area contributed by atoms with E-state index < -0.39 is 12.1 Å². The Hall–Kier alpha value is -2.62. The molecular weight excluding hydrogens is 259 g/mol. The quantitative estimate of drug-likeness (QED) is 0.837. The van der Waals surface area contributed by atoms with Crippen LogP contribution in [0.25, 0.3) is 11.1 Å². The van der Waals surface area contributed by atoms with Crippen LogP contribution in [-0.4, -0.2) is 16.3 Å². The molecule has 0 amide bonds. The molecule has 2 aromatic rings. The zero-order valence-electron chi connectivity index (χ0n) is 9.35. The molecule has 2 rings (SSSR count). The first-order valence-corrected chi connectivity index (χ1v) is 5.05. The predicted octanol–water partition coefficient (Wildman–Crippen LogP) is 2.91. The molecular formula is C12H6F3N3O. The molecule has 0 bridgehead atoms. The number of benzene rings is 1. The number of ether oxygens (including phenoxy) is 1. The first-order chi connectivity index (χ1) is 8.99. The summed E-state index contributed by atoms with van der Waals surface area (Å²) in [6, 6.07) is 5.53. The van der Waals surface area contributed by atoms with E-state index in [1.165, 1.54) is 30.9 Å². The van der Waals surface area contributed by atoms with E-state index in [9.17, 15) is 13.2 Å². The Morgan fingerprint density at radius 3 is 2.42 bits per heavy atom. The number of nitriles is 1. The molecule has 1 aromatic heterocycles. The van der Waals surface area contributed by atoms with Gasteiger partial charge in [0.05, 0.1) is 11.6 Å². The van der Waals surface area contributed by atoms with E-state index in [1.54, 1.807) is 6.07 Å². The summed E-state index contributed by atoms with van der Waals surface area (Å²) in [6.45, 7) is 0. The van der Waals surface area contributed by atoms with Gasteiger partial charge in [-0.15, -0.1) is 13.2 Å². The number of nitrogens with zero attached hydrogens (tertiary/aromatic N) is 3. The average molecular weight is 265 g/mol. The Bertz CT molecular complexity index is 620. The van der Waals surface area contributed by atoms with Crippen molar-refractivity contribution in [3.05, 3.63) is 42.5 Å². The SMILES string of the molecule is N#Cc1ccc(-c2cncnc2)c(OC(F)(F)F)c1. The van der Waals surface area contributed by atoms with Gasteiger partial charge in [-0.2, -0.15) is 5.26 Å². The number of hydrogen-bond acceptors (Lipinski definition) is 4. The van der Waals surface area contributed by atoms with Crippen LogP contribution < -0.4 is 4.74 Å². The number of alkyl halides is 3. The van der Waals surface area contributed by atoms with Crippen molar-refractivity contribution in [1.82, 2.24) is 9.97 Å². The van der Waals surface area contributed by atoms with Gasteiger partial charge in [0.2, 0.25) is 0 Å². The van der Waals surface area contributed by atoms with Crippen LogP contribution in [0, 0.1) is 11.3 Å². The van der Waals surface area contributed by atoms with Crippen molar-refractivity contribution in [1.29, 1.82) is 5.26 Å². The van der Waals surface area contributed by atoms with Crippen LogP contribution in [0.4, 0.5) is 13.2 Å². The maximum Gasteiger partial charge on any atom is 0.573 e. The third-order valence-electron chi connectivity index (χ3n) is 2.21. The van der Waals surface area contributed by atoms with Crippen LogP contribution in [0.3, 0.4) is 0 Å². The first kappa shape index (κ1) is 12.8. The van der Waals surface area contributed by atoms with E-state index in [4.69, 9.17) is 5.26 Å². The zero-order valence-corrected chi connectivity index (χ0v) is 9.35. The summed E-state index contributed by atoms with van der Waals surface area (Å²) in [5.41, 5.74) is 0.600. The Morgan fingerprint density at radius 2 is 1.84 bits per heavy atom. The third kappa shape index (κ3) is 3.19. The highest BCUT2D eigenvalue weighted by Gasteiger charge is 2.32.